The number of benzene rings is 1. The Morgan fingerprint density at radius 3 is 2.83 bits per heavy atom. The third kappa shape index (κ3) is 4.10. The number of hydrogen-bond donors (Lipinski definition) is 1. The van der Waals surface area contributed by atoms with Gasteiger partial charge in [-0.15, -0.1) is 0 Å². The molecule has 2 aromatic rings. The molecule has 7 heteroatoms. The molecule has 0 saturated carbocycles. The molecule has 0 unspecified atom stereocenters. The summed E-state index contributed by atoms with van der Waals surface area (Å²) in [5, 5.41) is 3.18. The van der Waals surface area contributed by atoms with Crippen molar-refractivity contribution in [1.29, 1.82) is 0 Å². The maximum atomic E-state index is 12.0. The van der Waals surface area contributed by atoms with E-state index in [2.05, 4.69) is 20.2 Å². The Labute approximate surface area is 139 Å². The molecular formula is C16H17ClN4O2. The molecule has 1 N–H and O–H groups in total. The minimum Gasteiger partial charge on any atom is -0.482 e. The van der Waals surface area contributed by atoms with E-state index >= 15 is 0 Å². The van der Waals surface area contributed by atoms with Gasteiger partial charge in [0.1, 0.15) is 23.7 Å². The van der Waals surface area contributed by atoms with Crippen molar-refractivity contribution in [2.75, 3.05) is 29.9 Å². The Balaban J connectivity index is 1.57. The number of para-hydroxylation sites is 1. The summed E-state index contributed by atoms with van der Waals surface area (Å²) in [6.07, 6.45) is 3.78. The smallest absolute Gasteiger partial charge is 0.263 e. The first-order chi connectivity index (χ1) is 11.2. The summed E-state index contributed by atoms with van der Waals surface area (Å²) < 4.78 is 5.40. The fraction of sp³-hybridized carbons (Fsp3) is 0.312. The van der Waals surface area contributed by atoms with Gasteiger partial charge in [0.2, 0.25) is 0 Å². The van der Waals surface area contributed by atoms with E-state index in [1.54, 1.807) is 30.3 Å². The van der Waals surface area contributed by atoms with E-state index in [0.717, 1.165) is 31.7 Å². The number of ether oxygens (including phenoxy) is 1. The zero-order valence-corrected chi connectivity index (χ0v) is 13.3. The Morgan fingerprint density at radius 1 is 1.26 bits per heavy atom. The number of aromatic nitrogens is 2. The number of halogens is 1. The van der Waals surface area contributed by atoms with Crippen LogP contribution in [0.15, 0.2) is 36.7 Å². The number of hydrogen-bond acceptors (Lipinski definition) is 5. The molecule has 1 aliphatic rings. The molecule has 1 fully saturated rings. The number of carbonyl (C=O) groups is 1. The molecule has 0 radical (unpaired) electrons. The monoisotopic (exact) mass is 332 g/mol. The van der Waals surface area contributed by atoms with Crippen molar-refractivity contribution < 1.29 is 9.53 Å². The molecule has 0 spiro atoms. The molecule has 0 bridgehead atoms. The van der Waals surface area contributed by atoms with Gasteiger partial charge < -0.3 is 15.0 Å². The number of amides is 1. The molecule has 1 aromatic carbocycles. The second-order valence-electron chi connectivity index (χ2n) is 5.22. The Hall–Kier alpha value is -2.34. The molecule has 3 rings (SSSR count). The van der Waals surface area contributed by atoms with E-state index in [1.165, 1.54) is 6.33 Å². The van der Waals surface area contributed by atoms with E-state index in [9.17, 15) is 4.79 Å². The number of anilines is 2. The average molecular weight is 333 g/mol. The van der Waals surface area contributed by atoms with Gasteiger partial charge in [0, 0.05) is 19.2 Å². The molecule has 1 aromatic heterocycles. The van der Waals surface area contributed by atoms with Crippen molar-refractivity contribution in [1.82, 2.24) is 9.97 Å². The zero-order valence-electron chi connectivity index (χ0n) is 12.5. The van der Waals surface area contributed by atoms with Crippen LogP contribution in [-0.2, 0) is 4.79 Å². The van der Waals surface area contributed by atoms with E-state index in [4.69, 9.17) is 16.3 Å². The number of rotatable bonds is 5. The fourth-order valence-corrected chi connectivity index (χ4v) is 2.61. The highest BCUT2D eigenvalue weighted by atomic mass is 35.5. The summed E-state index contributed by atoms with van der Waals surface area (Å²) in [7, 11) is 0. The van der Waals surface area contributed by atoms with Crippen LogP contribution in [0.2, 0.25) is 5.02 Å². The van der Waals surface area contributed by atoms with E-state index in [1.807, 2.05) is 0 Å². The summed E-state index contributed by atoms with van der Waals surface area (Å²) in [5.41, 5.74) is 0. The van der Waals surface area contributed by atoms with Crippen LogP contribution in [0.3, 0.4) is 0 Å². The van der Waals surface area contributed by atoms with Crippen molar-refractivity contribution in [3.8, 4) is 5.75 Å². The lowest BCUT2D eigenvalue weighted by atomic mass is 10.3. The molecule has 1 aliphatic heterocycles. The lowest BCUT2D eigenvalue weighted by Gasteiger charge is -2.16. The van der Waals surface area contributed by atoms with Gasteiger partial charge in [-0.05, 0) is 25.0 Å². The maximum absolute atomic E-state index is 12.0. The maximum Gasteiger partial charge on any atom is 0.263 e. The molecular weight excluding hydrogens is 316 g/mol. The molecule has 0 atom stereocenters. The highest BCUT2D eigenvalue weighted by molar-refractivity contribution is 6.32. The minimum atomic E-state index is -0.295. The largest absolute Gasteiger partial charge is 0.482 e. The van der Waals surface area contributed by atoms with Crippen molar-refractivity contribution >= 4 is 29.1 Å². The van der Waals surface area contributed by atoms with Crippen molar-refractivity contribution in [3.05, 3.63) is 41.7 Å². The van der Waals surface area contributed by atoms with Crippen molar-refractivity contribution in [2.24, 2.45) is 0 Å². The zero-order chi connectivity index (χ0) is 16.1. The predicted molar refractivity (Wildman–Crippen MR) is 89.1 cm³/mol. The molecule has 2 heterocycles. The van der Waals surface area contributed by atoms with Gasteiger partial charge in [0.25, 0.3) is 5.91 Å². The third-order valence-corrected chi connectivity index (χ3v) is 3.86. The Morgan fingerprint density at radius 2 is 2.04 bits per heavy atom. The summed E-state index contributed by atoms with van der Waals surface area (Å²) in [6.45, 7) is 1.84. The van der Waals surface area contributed by atoms with Crippen LogP contribution in [0.25, 0.3) is 0 Å². The molecule has 6 nitrogen and oxygen atoms in total. The summed E-state index contributed by atoms with van der Waals surface area (Å²) >= 11 is 5.98. The number of nitrogens with one attached hydrogen (secondary N) is 1. The van der Waals surface area contributed by atoms with E-state index in [0.29, 0.717) is 16.6 Å². The highest BCUT2D eigenvalue weighted by Crippen LogP contribution is 2.23. The van der Waals surface area contributed by atoms with E-state index in [-0.39, 0.29) is 12.5 Å². The van der Waals surface area contributed by atoms with Crippen LogP contribution in [0.1, 0.15) is 12.8 Å². The second kappa shape index (κ2) is 7.28. The first-order valence-corrected chi connectivity index (χ1v) is 7.84. The van der Waals surface area contributed by atoms with E-state index < -0.39 is 0 Å². The van der Waals surface area contributed by atoms with Crippen LogP contribution in [0.4, 0.5) is 11.6 Å². The predicted octanol–water partition coefficient (Wildman–Crippen LogP) is 2.75. The summed E-state index contributed by atoms with van der Waals surface area (Å²) in [4.78, 5) is 22.5. The first-order valence-electron chi connectivity index (χ1n) is 7.46. The quantitative estimate of drug-likeness (QED) is 0.912. The van der Waals surface area contributed by atoms with Gasteiger partial charge >= 0.3 is 0 Å². The number of carbonyl (C=O) groups excluding carboxylic acids is 1. The van der Waals surface area contributed by atoms with Gasteiger partial charge in [-0.3, -0.25) is 4.79 Å². The topological polar surface area (TPSA) is 67.3 Å². The fourth-order valence-electron chi connectivity index (χ4n) is 2.42. The normalized spacial score (nSPS) is 13.9. The SMILES string of the molecule is O=C(COc1ccccc1Cl)Nc1cc(N2CCCC2)ncn1. The van der Waals surface area contributed by atoms with Gasteiger partial charge in [-0.1, -0.05) is 23.7 Å². The first kappa shape index (κ1) is 15.6. The lowest BCUT2D eigenvalue weighted by Crippen LogP contribution is -2.22. The van der Waals surface area contributed by atoms with Crippen LogP contribution in [-0.4, -0.2) is 35.6 Å². The van der Waals surface area contributed by atoms with Crippen LogP contribution in [0, 0.1) is 0 Å². The van der Waals surface area contributed by atoms with Crippen LogP contribution in [0.5, 0.6) is 5.75 Å². The average Bonchev–Trinajstić information content (AvgIpc) is 3.09. The molecule has 0 aliphatic carbocycles. The van der Waals surface area contributed by atoms with Crippen molar-refractivity contribution in [3.63, 3.8) is 0 Å². The molecule has 120 valence electrons. The summed E-state index contributed by atoms with van der Waals surface area (Å²) in [6, 6.07) is 8.80. The molecule has 1 amide bonds. The summed E-state index contributed by atoms with van der Waals surface area (Å²) in [5.74, 6) is 1.48. The van der Waals surface area contributed by atoms with Crippen molar-refractivity contribution in [2.45, 2.75) is 12.8 Å². The highest BCUT2D eigenvalue weighted by Gasteiger charge is 2.14. The standard InChI is InChI=1S/C16H17ClN4O2/c17-12-5-1-2-6-13(12)23-10-16(22)20-14-9-15(19-11-18-14)21-7-3-4-8-21/h1-2,5-6,9,11H,3-4,7-8,10H2,(H,18,19,20,22). The van der Waals surface area contributed by atoms with Gasteiger partial charge in [-0.25, -0.2) is 9.97 Å². The molecule has 23 heavy (non-hydrogen) atoms. The number of nitrogens with zero attached hydrogens (tertiary/aromatic N) is 3. The Bertz CT molecular complexity index is 689. The van der Waals surface area contributed by atoms with Crippen LogP contribution >= 0.6 is 11.6 Å². The van der Waals surface area contributed by atoms with Gasteiger partial charge in [0.15, 0.2) is 6.61 Å². The lowest BCUT2D eigenvalue weighted by molar-refractivity contribution is -0.118. The third-order valence-electron chi connectivity index (χ3n) is 3.55. The van der Waals surface area contributed by atoms with Gasteiger partial charge in [-0.2, -0.15) is 0 Å². The second-order valence-corrected chi connectivity index (χ2v) is 5.63. The molecule has 1 saturated heterocycles. The van der Waals surface area contributed by atoms with Gasteiger partial charge in [0.05, 0.1) is 5.02 Å². The minimum absolute atomic E-state index is 0.132. The Kier molecular flexibility index (Phi) is 4.92. The van der Waals surface area contributed by atoms with Crippen LogP contribution < -0.4 is 15.0 Å².